The van der Waals surface area contributed by atoms with Gasteiger partial charge in [-0.15, -0.1) is 0 Å². The quantitative estimate of drug-likeness (QED) is 0.467. The molecule has 0 aromatic heterocycles. The number of fused-ring (bicyclic) bond motifs is 1. The molecule has 0 amide bonds. The largest absolute Gasteiger partial charge is 0.490 e. The van der Waals surface area contributed by atoms with E-state index in [0.29, 0.717) is 24.7 Å². The van der Waals surface area contributed by atoms with Gasteiger partial charge >= 0.3 is 0 Å². The molecule has 0 N–H and O–H groups in total. The summed E-state index contributed by atoms with van der Waals surface area (Å²) in [5.41, 5.74) is 0. The van der Waals surface area contributed by atoms with E-state index in [2.05, 4.69) is 0 Å². The molecule has 3 aromatic carbocycles. The first kappa shape index (κ1) is 24.5. The van der Waals surface area contributed by atoms with Crippen LogP contribution in [0, 0.1) is 0 Å². The van der Waals surface area contributed by atoms with Crippen LogP contribution in [0.3, 0.4) is 0 Å². The van der Waals surface area contributed by atoms with E-state index in [-0.39, 0.29) is 36.0 Å². The highest BCUT2D eigenvalue weighted by atomic mass is 32.2. The molecule has 8 nitrogen and oxygen atoms in total. The molecule has 0 radical (unpaired) electrons. The van der Waals surface area contributed by atoms with Crippen molar-refractivity contribution in [2.75, 3.05) is 39.4 Å². The van der Waals surface area contributed by atoms with Crippen LogP contribution in [0.25, 0.3) is 10.8 Å². The SMILES string of the molecule is CCOc1ccc(S(=O)(=O)N2CCN(S(=O)(=O)c3ccc4ccccc4c3)CC2)cc1OCC. The highest BCUT2D eigenvalue weighted by molar-refractivity contribution is 7.89. The molecule has 0 saturated carbocycles. The molecule has 1 aliphatic heterocycles. The smallest absolute Gasteiger partial charge is 0.243 e. The molecule has 4 rings (SSSR count). The van der Waals surface area contributed by atoms with Crippen molar-refractivity contribution in [2.24, 2.45) is 0 Å². The Morgan fingerprint density at radius 3 is 1.74 bits per heavy atom. The Morgan fingerprint density at radius 2 is 1.15 bits per heavy atom. The lowest BCUT2D eigenvalue weighted by atomic mass is 10.1. The van der Waals surface area contributed by atoms with Crippen LogP contribution in [0.1, 0.15) is 13.8 Å². The molecule has 1 aliphatic rings. The number of benzene rings is 3. The van der Waals surface area contributed by atoms with Crippen molar-refractivity contribution < 1.29 is 26.3 Å². The Labute approximate surface area is 200 Å². The topological polar surface area (TPSA) is 93.2 Å². The van der Waals surface area contributed by atoms with Crippen LogP contribution in [0.4, 0.5) is 0 Å². The number of piperazine rings is 1. The Morgan fingerprint density at radius 1 is 0.647 bits per heavy atom. The fourth-order valence-electron chi connectivity index (χ4n) is 3.97. The fourth-order valence-corrected chi connectivity index (χ4v) is 6.86. The van der Waals surface area contributed by atoms with Gasteiger partial charge in [0.2, 0.25) is 20.0 Å². The first-order chi connectivity index (χ1) is 16.3. The van der Waals surface area contributed by atoms with E-state index in [9.17, 15) is 16.8 Å². The summed E-state index contributed by atoms with van der Waals surface area (Å²) in [4.78, 5) is 0.292. The van der Waals surface area contributed by atoms with Gasteiger partial charge in [-0.1, -0.05) is 30.3 Å². The molecule has 34 heavy (non-hydrogen) atoms. The summed E-state index contributed by atoms with van der Waals surface area (Å²) < 4.78 is 66.6. The summed E-state index contributed by atoms with van der Waals surface area (Å²) in [6.07, 6.45) is 0. The first-order valence-corrected chi connectivity index (χ1v) is 14.0. The van der Waals surface area contributed by atoms with E-state index >= 15 is 0 Å². The molecule has 0 aliphatic carbocycles. The minimum Gasteiger partial charge on any atom is -0.490 e. The van der Waals surface area contributed by atoms with Crippen molar-refractivity contribution in [2.45, 2.75) is 23.6 Å². The van der Waals surface area contributed by atoms with Crippen LogP contribution in [-0.4, -0.2) is 64.8 Å². The van der Waals surface area contributed by atoms with Crippen molar-refractivity contribution in [3.8, 4) is 11.5 Å². The van der Waals surface area contributed by atoms with Crippen LogP contribution in [0.2, 0.25) is 0 Å². The van der Waals surface area contributed by atoms with Crippen molar-refractivity contribution in [1.82, 2.24) is 8.61 Å². The number of nitrogens with zero attached hydrogens (tertiary/aromatic N) is 2. The third kappa shape index (κ3) is 4.76. The monoisotopic (exact) mass is 504 g/mol. The Bertz CT molecular complexity index is 1380. The van der Waals surface area contributed by atoms with Crippen LogP contribution < -0.4 is 9.47 Å². The molecular formula is C24H28N2O6S2. The van der Waals surface area contributed by atoms with Crippen molar-refractivity contribution >= 4 is 30.8 Å². The van der Waals surface area contributed by atoms with Crippen LogP contribution in [-0.2, 0) is 20.0 Å². The summed E-state index contributed by atoms with van der Waals surface area (Å²) in [7, 11) is -7.56. The van der Waals surface area contributed by atoms with Crippen LogP contribution in [0.15, 0.2) is 70.5 Å². The lowest BCUT2D eigenvalue weighted by Gasteiger charge is -2.33. The van der Waals surface area contributed by atoms with E-state index in [1.165, 1.54) is 20.7 Å². The summed E-state index contributed by atoms with van der Waals surface area (Å²) >= 11 is 0. The number of sulfonamides is 2. The van der Waals surface area contributed by atoms with E-state index in [1.54, 1.807) is 24.3 Å². The molecule has 182 valence electrons. The van der Waals surface area contributed by atoms with E-state index in [1.807, 2.05) is 38.1 Å². The maximum atomic E-state index is 13.2. The maximum Gasteiger partial charge on any atom is 0.243 e. The number of ether oxygens (including phenoxy) is 2. The van der Waals surface area contributed by atoms with Gasteiger partial charge in [0.1, 0.15) is 0 Å². The zero-order chi connectivity index (χ0) is 24.3. The zero-order valence-electron chi connectivity index (χ0n) is 19.2. The predicted octanol–water partition coefficient (Wildman–Crippen LogP) is 3.33. The molecule has 0 bridgehead atoms. The van der Waals surface area contributed by atoms with Gasteiger partial charge in [0.05, 0.1) is 23.0 Å². The van der Waals surface area contributed by atoms with Gasteiger partial charge in [0.15, 0.2) is 11.5 Å². The van der Waals surface area contributed by atoms with Crippen LogP contribution >= 0.6 is 0 Å². The molecule has 1 saturated heterocycles. The fraction of sp³-hybridized carbons (Fsp3) is 0.333. The highest BCUT2D eigenvalue weighted by Gasteiger charge is 2.34. The first-order valence-electron chi connectivity index (χ1n) is 11.2. The summed E-state index contributed by atoms with van der Waals surface area (Å²) in [6.45, 7) is 4.72. The molecule has 0 atom stereocenters. The van der Waals surface area contributed by atoms with Crippen LogP contribution in [0.5, 0.6) is 11.5 Å². The Hall–Kier alpha value is -2.66. The number of hydrogen-bond donors (Lipinski definition) is 0. The van der Waals surface area contributed by atoms with Gasteiger partial charge in [-0.25, -0.2) is 16.8 Å². The standard InChI is InChI=1S/C24H28N2O6S2/c1-3-31-23-12-11-22(18-24(23)32-4-2)34(29,30)26-15-13-25(14-16-26)33(27,28)21-10-9-19-7-5-6-8-20(19)17-21/h5-12,17-18H,3-4,13-16H2,1-2H3. The van der Waals surface area contributed by atoms with Gasteiger partial charge in [-0.05, 0) is 48.9 Å². The molecule has 1 heterocycles. The lowest BCUT2D eigenvalue weighted by Crippen LogP contribution is -2.50. The second-order valence-electron chi connectivity index (χ2n) is 7.79. The molecule has 10 heteroatoms. The number of hydrogen-bond acceptors (Lipinski definition) is 6. The van der Waals surface area contributed by atoms with E-state index in [4.69, 9.17) is 9.47 Å². The van der Waals surface area contributed by atoms with Crippen molar-refractivity contribution in [3.05, 3.63) is 60.7 Å². The second kappa shape index (κ2) is 9.91. The third-order valence-corrected chi connectivity index (χ3v) is 9.50. The van der Waals surface area contributed by atoms with Gasteiger partial charge in [-0.3, -0.25) is 0 Å². The molecular weight excluding hydrogens is 476 g/mol. The zero-order valence-corrected chi connectivity index (χ0v) is 20.8. The van der Waals surface area contributed by atoms with Gasteiger partial charge in [-0.2, -0.15) is 8.61 Å². The molecule has 0 spiro atoms. The lowest BCUT2D eigenvalue weighted by molar-refractivity contribution is 0.272. The predicted molar refractivity (Wildman–Crippen MR) is 130 cm³/mol. The average molecular weight is 505 g/mol. The van der Waals surface area contributed by atoms with Gasteiger partial charge < -0.3 is 9.47 Å². The summed E-state index contributed by atoms with van der Waals surface area (Å²) in [6, 6.07) is 17.1. The highest BCUT2D eigenvalue weighted by Crippen LogP contribution is 2.32. The summed E-state index contributed by atoms with van der Waals surface area (Å²) in [5, 5.41) is 1.80. The minimum absolute atomic E-state index is 0.0618. The van der Waals surface area contributed by atoms with Gasteiger partial charge in [0, 0.05) is 32.2 Å². The normalized spacial score (nSPS) is 15.9. The minimum atomic E-state index is -3.82. The third-order valence-electron chi connectivity index (χ3n) is 5.71. The van der Waals surface area contributed by atoms with Gasteiger partial charge in [0.25, 0.3) is 0 Å². The van der Waals surface area contributed by atoms with E-state index < -0.39 is 20.0 Å². The second-order valence-corrected chi connectivity index (χ2v) is 11.7. The van der Waals surface area contributed by atoms with Crippen molar-refractivity contribution in [1.29, 1.82) is 0 Å². The number of rotatable bonds is 8. The summed E-state index contributed by atoms with van der Waals surface area (Å²) in [5.74, 6) is 0.845. The van der Waals surface area contributed by atoms with Crippen molar-refractivity contribution in [3.63, 3.8) is 0 Å². The Kier molecular flexibility index (Phi) is 7.13. The Balaban J connectivity index is 1.51. The molecule has 3 aromatic rings. The molecule has 1 fully saturated rings. The average Bonchev–Trinajstić information content (AvgIpc) is 2.85. The molecule has 0 unspecified atom stereocenters. The maximum absolute atomic E-state index is 13.2. The van der Waals surface area contributed by atoms with E-state index in [0.717, 1.165) is 10.8 Å².